The van der Waals surface area contributed by atoms with E-state index >= 15 is 0 Å². The van der Waals surface area contributed by atoms with Crippen molar-refractivity contribution in [2.75, 3.05) is 19.3 Å². The SMILES string of the molecule is CN(C(=O)Cc1cc(Cl)c(Cl)cc1N)C1CCCCC1C1CCCN1.Cl. The first kappa shape index (κ1) is 21.6. The summed E-state index contributed by atoms with van der Waals surface area (Å²) in [6, 6.07) is 4.19. The van der Waals surface area contributed by atoms with E-state index in [-0.39, 0.29) is 24.7 Å². The van der Waals surface area contributed by atoms with E-state index in [0.717, 1.165) is 18.5 Å². The third kappa shape index (κ3) is 4.78. The van der Waals surface area contributed by atoms with Gasteiger partial charge in [0.15, 0.2) is 0 Å². The number of carbonyl (C=O) groups excluding carboxylic acids is 1. The van der Waals surface area contributed by atoms with Gasteiger partial charge in [-0.05, 0) is 55.8 Å². The first-order valence-electron chi connectivity index (χ1n) is 9.20. The van der Waals surface area contributed by atoms with Crippen LogP contribution in [0.1, 0.15) is 44.1 Å². The molecule has 1 aliphatic heterocycles. The van der Waals surface area contributed by atoms with Crippen LogP contribution in [0.4, 0.5) is 5.69 Å². The lowest BCUT2D eigenvalue weighted by molar-refractivity contribution is -0.133. The van der Waals surface area contributed by atoms with Crippen LogP contribution in [0, 0.1) is 5.92 Å². The van der Waals surface area contributed by atoms with Gasteiger partial charge in [0.2, 0.25) is 5.91 Å². The maximum absolute atomic E-state index is 12.9. The topological polar surface area (TPSA) is 58.4 Å². The fraction of sp³-hybridized carbons (Fsp3) is 0.632. The van der Waals surface area contributed by atoms with Crippen LogP contribution in [0.2, 0.25) is 10.0 Å². The van der Waals surface area contributed by atoms with Crippen LogP contribution in [-0.2, 0) is 11.2 Å². The molecule has 0 radical (unpaired) electrons. The van der Waals surface area contributed by atoms with E-state index in [1.807, 2.05) is 11.9 Å². The average Bonchev–Trinajstić information content (AvgIpc) is 3.13. The Morgan fingerprint density at radius 2 is 1.88 bits per heavy atom. The Balaban J connectivity index is 0.00000243. The molecule has 1 amide bonds. The van der Waals surface area contributed by atoms with Crippen LogP contribution >= 0.6 is 35.6 Å². The van der Waals surface area contributed by atoms with Gasteiger partial charge in [0, 0.05) is 24.8 Å². The lowest BCUT2D eigenvalue weighted by Gasteiger charge is -2.41. The Labute approximate surface area is 172 Å². The van der Waals surface area contributed by atoms with Gasteiger partial charge < -0.3 is 16.0 Å². The molecule has 26 heavy (non-hydrogen) atoms. The van der Waals surface area contributed by atoms with Gasteiger partial charge in [0.05, 0.1) is 16.5 Å². The smallest absolute Gasteiger partial charge is 0.227 e. The van der Waals surface area contributed by atoms with Crippen LogP contribution in [0.5, 0.6) is 0 Å². The number of hydrogen-bond donors (Lipinski definition) is 2. The molecule has 2 aliphatic rings. The van der Waals surface area contributed by atoms with Crippen LogP contribution < -0.4 is 11.1 Å². The van der Waals surface area contributed by atoms with Crippen molar-refractivity contribution in [3.8, 4) is 0 Å². The number of nitrogens with zero attached hydrogens (tertiary/aromatic N) is 1. The van der Waals surface area contributed by atoms with Gasteiger partial charge in [-0.15, -0.1) is 12.4 Å². The molecule has 0 spiro atoms. The highest BCUT2D eigenvalue weighted by Crippen LogP contribution is 2.34. The summed E-state index contributed by atoms with van der Waals surface area (Å²) in [6.45, 7) is 1.10. The first-order chi connectivity index (χ1) is 12.0. The van der Waals surface area contributed by atoms with Crippen molar-refractivity contribution < 1.29 is 4.79 Å². The second kappa shape index (κ2) is 9.50. The highest BCUT2D eigenvalue weighted by Gasteiger charge is 2.36. The van der Waals surface area contributed by atoms with Gasteiger partial charge in [0.25, 0.3) is 0 Å². The van der Waals surface area contributed by atoms with Crippen molar-refractivity contribution in [3.05, 3.63) is 27.7 Å². The number of carbonyl (C=O) groups is 1. The third-order valence-electron chi connectivity index (χ3n) is 5.81. The molecule has 4 nitrogen and oxygen atoms in total. The van der Waals surface area contributed by atoms with E-state index in [9.17, 15) is 4.79 Å². The number of nitrogen functional groups attached to an aromatic ring is 1. The number of hydrogen-bond acceptors (Lipinski definition) is 3. The number of benzene rings is 1. The summed E-state index contributed by atoms with van der Waals surface area (Å²) < 4.78 is 0. The molecule has 1 aliphatic carbocycles. The molecule has 1 heterocycles. The van der Waals surface area contributed by atoms with E-state index in [0.29, 0.717) is 33.7 Å². The second-order valence-corrected chi connectivity index (χ2v) is 8.18. The molecule has 0 aromatic heterocycles. The summed E-state index contributed by atoms with van der Waals surface area (Å²) in [5.41, 5.74) is 7.29. The zero-order valence-corrected chi connectivity index (χ0v) is 17.5. The maximum Gasteiger partial charge on any atom is 0.227 e. The van der Waals surface area contributed by atoms with E-state index in [2.05, 4.69) is 5.32 Å². The van der Waals surface area contributed by atoms with Gasteiger partial charge in [-0.2, -0.15) is 0 Å². The van der Waals surface area contributed by atoms with Gasteiger partial charge in [0.1, 0.15) is 0 Å². The standard InChI is InChI=1S/C19H27Cl2N3O.ClH/c1-24(18-7-3-2-5-13(18)17-6-4-8-23-17)19(25)10-12-9-14(20)15(21)11-16(12)22;/h9,11,13,17-18,23H,2-8,10,22H2,1H3;1H. The molecule has 1 saturated heterocycles. The normalized spacial score (nSPS) is 25.6. The molecule has 3 atom stereocenters. The van der Waals surface area contributed by atoms with Gasteiger partial charge in [-0.3, -0.25) is 4.79 Å². The van der Waals surface area contributed by atoms with Gasteiger partial charge in [-0.25, -0.2) is 0 Å². The van der Waals surface area contributed by atoms with Crippen molar-refractivity contribution in [1.82, 2.24) is 10.2 Å². The largest absolute Gasteiger partial charge is 0.398 e. The quantitative estimate of drug-likeness (QED) is 0.714. The minimum Gasteiger partial charge on any atom is -0.398 e. The molecule has 7 heteroatoms. The number of halogens is 3. The Kier molecular flexibility index (Phi) is 7.90. The number of nitrogens with one attached hydrogen (secondary N) is 1. The minimum absolute atomic E-state index is 0. The monoisotopic (exact) mass is 419 g/mol. The number of rotatable bonds is 4. The van der Waals surface area contributed by atoms with Gasteiger partial charge >= 0.3 is 0 Å². The predicted octanol–water partition coefficient (Wildman–Crippen LogP) is 4.31. The average molecular weight is 421 g/mol. The van der Waals surface area contributed by atoms with Crippen LogP contribution in [0.25, 0.3) is 0 Å². The van der Waals surface area contributed by atoms with E-state index in [1.165, 1.54) is 32.1 Å². The minimum atomic E-state index is 0. The van der Waals surface area contributed by atoms with Gasteiger partial charge in [-0.1, -0.05) is 36.0 Å². The molecular formula is C19H28Cl3N3O. The molecular weight excluding hydrogens is 393 g/mol. The van der Waals surface area contributed by atoms with E-state index < -0.39 is 0 Å². The highest BCUT2D eigenvalue weighted by molar-refractivity contribution is 6.42. The fourth-order valence-electron chi connectivity index (χ4n) is 4.40. The van der Waals surface area contributed by atoms with Crippen molar-refractivity contribution in [3.63, 3.8) is 0 Å². The van der Waals surface area contributed by atoms with Crippen molar-refractivity contribution in [2.45, 2.75) is 57.0 Å². The fourth-order valence-corrected chi connectivity index (χ4v) is 4.75. The Morgan fingerprint density at radius 1 is 1.19 bits per heavy atom. The molecule has 1 saturated carbocycles. The van der Waals surface area contributed by atoms with Crippen molar-refractivity contribution >= 4 is 47.2 Å². The predicted molar refractivity (Wildman–Crippen MR) is 111 cm³/mol. The summed E-state index contributed by atoms with van der Waals surface area (Å²) in [5.74, 6) is 0.649. The van der Waals surface area contributed by atoms with Crippen LogP contribution in [0.15, 0.2) is 12.1 Å². The van der Waals surface area contributed by atoms with Crippen LogP contribution in [0.3, 0.4) is 0 Å². The van der Waals surface area contributed by atoms with E-state index in [1.54, 1.807) is 12.1 Å². The molecule has 0 bridgehead atoms. The lowest BCUT2D eigenvalue weighted by Crippen LogP contribution is -2.50. The summed E-state index contributed by atoms with van der Waals surface area (Å²) in [7, 11) is 1.94. The molecule has 3 N–H and O–H groups in total. The highest BCUT2D eigenvalue weighted by atomic mass is 35.5. The number of nitrogens with two attached hydrogens (primary N) is 1. The molecule has 3 rings (SSSR count). The molecule has 1 aromatic rings. The molecule has 3 unspecified atom stereocenters. The lowest BCUT2D eigenvalue weighted by atomic mass is 9.78. The molecule has 2 fully saturated rings. The first-order valence-corrected chi connectivity index (χ1v) is 9.95. The second-order valence-electron chi connectivity index (χ2n) is 7.37. The Morgan fingerprint density at radius 3 is 2.58 bits per heavy atom. The molecule has 146 valence electrons. The Bertz CT molecular complexity index is 635. The zero-order chi connectivity index (χ0) is 18.0. The summed E-state index contributed by atoms with van der Waals surface area (Å²) in [6.07, 6.45) is 7.48. The third-order valence-corrected chi connectivity index (χ3v) is 6.53. The summed E-state index contributed by atoms with van der Waals surface area (Å²) >= 11 is 12.1. The van der Waals surface area contributed by atoms with Crippen molar-refractivity contribution in [1.29, 1.82) is 0 Å². The van der Waals surface area contributed by atoms with Crippen LogP contribution in [-0.4, -0.2) is 36.5 Å². The number of likely N-dealkylation sites (N-methyl/N-ethyl adjacent to an activating group) is 1. The zero-order valence-electron chi connectivity index (χ0n) is 15.1. The Hall–Kier alpha value is -0.680. The number of amides is 1. The molecule has 1 aromatic carbocycles. The number of anilines is 1. The maximum atomic E-state index is 12.9. The summed E-state index contributed by atoms with van der Waals surface area (Å²) in [5, 5.41) is 4.49. The summed E-state index contributed by atoms with van der Waals surface area (Å²) in [4.78, 5) is 14.8. The van der Waals surface area contributed by atoms with Crippen molar-refractivity contribution in [2.24, 2.45) is 5.92 Å². The van der Waals surface area contributed by atoms with E-state index in [4.69, 9.17) is 28.9 Å².